The first kappa shape index (κ1) is 23.7. The number of hydrogen-bond acceptors (Lipinski definition) is 2. The fraction of sp³-hybridized carbons (Fsp3) is 0.579. The number of nitrogens with zero attached hydrogens (tertiary/aromatic N) is 2. The van der Waals surface area contributed by atoms with Crippen molar-refractivity contribution in [2.75, 3.05) is 26.7 Å². The van der Waals surface area contributed by atoms with Crippen molar-refractivity contribution in [2.45, 2.75) is 46.6 Å². The third-order valence-electron chi connectivity index (χ3n) is 3.72. The van der Waals surface area contributed by atoms with E-state index in [-0.39, 0.29) is 29.9 Å². The number of guanidine groups is 1. The minimum absolute atomic E-state index is 0. The molecule has 0 aliphatic rings. The maximum atomic E-state index is 11.6. The lowest BCUT2D eigenvalue weighted by Gasteiger charge is -2.22. The highest BCUT2D eigenvalue weighted by Crippen LogP contribution is 2.07. The monoisotopic (exact) mass is 460 g/mol. The maximum Gasteiger partial charge on any atom is 0.221 e. The summed E-state index contributed by atoms with van der Waals surface area (Å²) in [5.74, 6) is 0.898. The Hall–Kier alpha value is -1.31. The molecule has 1 rings (SSSR count). The van der Waals surface area contributed by atoms with E-state index in [0.717, 1.165) is 38.4 Å². The number of halogens is 1. The highest BCUT2D eigenvalue weighted by molar-refractivity contribution is 14.0. The first-order valence-electron chi connectivity index (χ1n) is 8.94. The highest BCUT2D eigenvalue weighted by atomic mass is 127. The normalized spacial score (nSPS) is 10.8. The molecule has 0 fully saturated rings. The quantitative estimate of drug-likeness (QED) is 0.338. The van der Waals surface area contributed by atoms with Crippen LogP contribution in [-0.2, 0) is 17.8 Å². The van der Waals surface area contributed by atoms with Gasteiger partial charge in [0.05, 0.1) is 6.54 Å². The number of amides is 1. The number of aryl methyl sites for hydroxylation is 1. The van der Waals surface area contributed by atoms with E-state index in [4.69, 9.17) is 0 Å². The van der Waals surface area contributed by atoms with Crippen LogP contribution in [0.2, 0.25) is 0 Å². The molecule has 142 valence electrons. The first-order chi connectivity index (χ1) is 11.6. The minimum atomic E-state index is 0. The summed E-state index contributed by atoms with van der Waals surface area (Å²) in [6.45, 7) is 9.08. The Labute approximate surface area is 169 Å². The zero-order valence-electron chi connectivity index (χ0n) is 16.0. The summed E-state index contributed by atoms with van der Waals surface area (Å²) in [4.78, 5) is 18.3. The van der Waals surface area contributed by atoms with Crippen molar-refractivity contribution in [3.05, 3.63) is 35.4 Å². The van der Waals surface area contributed by atoms with E-state index < -0.39 is 0 Å². The second kappa shape index (κ2) is 13.9. The summed E-state index contributed by atoms with van der Waals surface area (Å²) in [5, 5.41) is 6.16. The van der Waals surface area contributed by atoms with Gasteiger partial charge < -0.3 is 15.5 Å². The van der Waals surface area contributed by atoms with Crippen molar-refractivity contribution >= 4 is 35.8 Å². The van der Waals surface area contributed by atoms with E-state index >= 15 is 0 Å². The molecule has 0 saturated carbocycles. The second-order valence-corrected chi connectivity index (χ2v) is 5.86. The summed E-state index contributed by atoms with van der Waals surface area (Å²) < 4.78 is 0. The predicted molar refractivity (Wildman–Crippen MR) is 117 cm³/mol. The Morgan fingerprint density at radius 1 is 1.08 bits per heavy atom. The van der Waals surface area contributed by atoms with E-state index in [1.54, 1.807) is 0 Å². The largest absolute Gasteiger partial charge is 0.357 e. The standard InChI is InChI=1S/C19H32N4O.HI/c1-5-13-21-18(24)12-14-22-19(20-7-3)23(4)15-17-10-8-16(6-2)9-11-17;/h8-11H,5-7,12-15H2,1-4H3,(H,20,22)(H,21,24);1H. The number of rotatable bonds is 9. The third kappa shape index (κ3) is 9.67. The second-order valence-electron chi connectivity index (χ2n) is 5.86. The fourth-order valence-corrected chi connectivity index (χ4v) is 2.31. The number of nitrogens with one attached hydrogen (secondary N) is 2. The van der Waals surface area contributed by atoms with Gasteiger partial charge in [-0.3, -0.25) is 9.79 Å². The molecule has 0 aromatic heterocycles. The zero-order chi connectivity index (χ0) is 17.8. The van der Waals surface area contributed by atoms with Crippen LogP contribution in [0.15, 0.2) is 29.3 Å². The van der Waals surface area contributed by atoms with Gasteiger partial charge in [0.25, 0.3) is 0 Å². The van der Waals surface area contributed by atoms with Gasteiger partial charge in [-0.15, -0.1) is 24.0 Å². The van der Waals surface area contributed by atoms with Gasteiger partial charge in [-0.25, -0.2) is 0 Å². The predicted octanol–water partition coefficient (Wildman–Crippen LogP) is 3.18. The molecule has 1 aromatic rings. The van der Waals surface area contributed by atoms with E-state index in [0.29, 0.717) is 13.0 Å². The van der Waals surface area contributed by atoms with E-state index in [9.17, 15) is 4.79 Å². The van der Waals surface area contributed by atoms with Gasteiger partial charge in [0.15, 0.2) is 5.96 Å². The molecule has 0 radical (unpaired) electrons. The van der Waals surface area contributed by atoms with Crippen LogP contribution in [0, 0.1) is 0 Å². The van der Waals surface area contributed by atoms with E-state index in [1.165, 1.54) is 11.1 Å². The summed E-state index contributed by atoms with van der Waals surface area (Å²) in [6, 6.07) is 8.67. The number of carbonyl (C=O) groups is 1. The Bertz CT molecular complexity index is 517. The van der Waals surface area contributed by atoms with Crippen LogP contribution < -0.4 is 10.6 Å². The molecule has 0 heterocycles. The van der Waals surface area contributed by atoms with Gasteiger partial charge in [0.2, 0.25) is 5.91 Å². The van der Waals surface area contributed by atoms with Gasteiger partial charge in [0.1, 0.15) is 0 Å². The van der Waals surface area contributed by atoms with Gasteiger partial charge in [0, 0.05) is 33.1 Å². The number of hydrogen-bond donors (Lipinski definition) is 2. The van der Waals surface area contributed by atoms with Crippen molar-refractivity contribution < 1.29 is 4.79 Å². The van der Waals surface area contributed by atoms with Crippen LogP contribution in [0.5, 0.6) is 0 Å². The molecule has 0 aliphatic carbocycles. The van der Waals surface area contributed by atoms with Crippen LogP contribution in [0.3, 0.4) is 0 Å². The summed E-state index contributed by atoms with van der Waals surface area (Å²) in [5.41, 5.74) is 2.60. The summed E-state index contributed by atoms with van der Waals surface area (Å²) in [6.07, 6.45) is 2.44. The highest BCUT2D eigenvalue weighted by Gasteiger charge is 2.07. The molecule has 2 N–H and O–H groups in total. The topological polar surface area (TPSA) is 56.7 Å². The Morgan fingerprint density at radius 3 is 2.28 bits per heavy atom. The maximum absolute atomic E-state index is 11.6. The number of benzene rings is 1. The molecule has 0 unspecified atom stereocenters. The lowest BCUT2D eigenvalue weighted by Crippen LogP contribution is -2.38. The average molecular weight is 460 g/mol. The van der Waals surface area contributed by atoms with Gasteiger partial charge >= 0.3 is 0 Å². The van der Waals surface area contributed by atoms with Crippen LogP contribution in [-0.4, -0.2) is 43.4 Å². The van der Waals surface area contributed by atoms with Crippen molar-refractivity contribution in [1.82, 2.24) is 15.5 Å². The fourth-order valence-electron chi connectivity index (χ4n) is 2.31. The number of carbonyl (C=O) groups excluding carboxylic acids is 1. The Balaban J connectivity index is 0.00000576. The molecule has 1 aromatic carbocycles. The smallest absolute Gasteiger partial charge is 0.221 e. The van der Waals surface area contributed by atoms with Crippen molar-refractivity contribution in [2.24, 2.45) is 4.99 Å². The SMILES string of the molecule is CCCNC(=O)CCN=C(NCC)N(C)Cc1ccc(CC)cc1.I. The molecule has 25 heavy (non-hydrogen) atoms. The lowest BCUT2D eigenvalue weighted by molar-refractivity contribution is -0.120. The molecule has 0 aliphatic heterocycles. The molecule has 1 amide bonds. The van der Waals surface area contributed by atoms with Crippen LogP contribution in [0.25, 0.3) is 0 Å². The Morgan fingerprint density at radius 2 is 1.72 bits per heavy atom. The lowest BCUT2D eigenvalue weighted by atomic mass is 10.1. The average Bonchev–Trinajstić information content (AvgIpc) is 2.59. The molecule has 0 spiro atoms. The van der Waals surface area contributed by atoms with Crippen LogP contribution in [0.4, 0.5) is 0 Å². The molecule has 5 nitrogen and oxygen atoms in total. The van der Waals surface area contributed by atoms with Crippen LogP contribution in [0.1, 0.15) is 44.7 Å². The minimum Gasteiger partial charge on any atom is -0.357 e. The Kier molecular flexibility index (Phi) is 13.2. The molecule has 0 bridgehead atoms. The van der Waals surface area contributed by atoms with Crippen molar-refractivity contribution in [3.63, 3.8) is 0 Å². The summed E-state index contributed by atoms with van der Waals surface area (Å²) >= 11 is 0. The molecule has 6 heteroatoms. The van der Waals surface area contributed by atoms with Crippen molar-refractivity contribution in [3.8, 4) is 0 Å². The number of aliphatic imine (C=N–C) groups is 1. The molecular formula is C19H33IN4O. The summed E-state index contributed by atoms with van der Waals surface area (Å²) in [7, 11) is 2.02. The van der Waals surface area contributed by atoms with Crippen LogP contribution >= 0.6 is 24.0 Å². The van der Waals surface area contributed by atoms with Crippen molar-refractivity contribution in [1.29, 1.82) is 0 Å². The third-order valence-corrected chi connectivity index (χ3v) is 3.72. The van der Waals surface area contributed by atoms with E-state index in [1.807, 2.05) is 20.9 Å². The van der Waals surface area contributed by atoms with Gasteiger partial charge in [-0.1, -0.05) is 38.1 Å². The van der Waals surface area contributed by atoms with Gasteiger partial charge in [-0.2, -0.15) is 0 Å². The molecule has 0 atom stereocenters. The molecular weight excluding hydrogens is 427 g/mol. The van der Waals surface area contributed by atoms with E-state index in [2.05, 4.69) is 51.7 Å². The zero-order valence-corrected chi connectivity index (χ0v) is 18.3. The van der Waals surface area contributed by atoms with Gasteiger partial charge in [-0.05, 0) is 30.9 Å². The molecule has 0 saturated heterocycles. The first-order valence-corrected chi connectivity index (χ1v) is 8.94.